The van der Waals surface area contributed by atoms with Crippen molar-refractivity contribution in [1.82, 2.24) is 0 Å². The Morgan fingerprint density at radius 3 is 1.88 bits per heavy atom. The van der Waals surface area contributed by atoms with Crippen LogP contribution < -0.4 is 30.4 Å². The van der Waals surface area contributed by atoms with Crippen molar-refractivity contribution >= 4 is 107 Å². The van der Waals surface area contributed by atoms with Crippen LogP contribution in [0.5, 0.6) is 0 Å². The molecule has 9 aromatic rings. The summed E-state index contributed by atoms with van der Waals surface area (Å²) < 4.78 is 8.39. The fourth-order valence-corrected chi connectivity index (χ4v) is 12.4. The Morgan fingerprint density at radius 1 is 0.569 bits per heavy atom. The molecule has 65 heavy (non-hydrogen) atoms. The Morgan fingerprint density at radius 2 is 1.18 bits per heavy atom. The molecule has 0 atom stereocenters. The zero-order valence-corrected chi connectivity index (χ0v) is 39.3. The van der Waals surface area contributed by atoms with Gasteiger partial charge in [0, 0.05) is 60.2 Å². The summed E-state index contributed by atoms with van der Waals surface area (Å²) in [7, 11) is 0. The number of hydrogen-bond acceptors (Lipinski definition) is 5. The number of furan rings is 1. The van der Waals surface area contributed by atoms with Crippen molar-refractivity contribution in [2.45, 2.75) is 85.0 Å². The minimum Gasteiger partial charge on any atom is -0.454 e. The lowest BCUT2D eigenvalue weighted by atomic mass is 9.36. The van der Waals surface area contributed by atoms with Crippen LogP contribution in [-0.2, 0) is 23.7 Å². The van der Waals surface area contributed by atoms with Gasteiger partial charge in [-0.25, -0.2) is 0 Å². The molecule has 0 saturated heterocycles. The molecule has 0 amide bonds. The van der Waals surface area contributed by atoms with Crippen molar-refractivity contribution in [2.24, 2.45) is 0 Å². The second-order valence-electron chi connectivity index (χ2n) is 20.5. The average molecular weight is 864 g/mol. The third-order valence-electron chi connectivity index (χ3n) is 14.2. The van der Waals surface area contributed by atoms with E-state index in [0.717, 1.165) is 57.5 Å². The van der Waals surface area contributed by atoms with Gasteiger partial charge in [-0.3, -0.25) is 0 Å². The fraction of sp³-hybridized carbons (Fsp3) is 0.220. The number of rotatable bonds is 5. The van der Waals surface area contributed by atoms with Crippen LogP contribution in [-0.4, -0.2) is 6.71 Å². The van der Waals surface area contributed by atoms with Crippen LogP contribution in [0, 0.1) is 6.92 Å². The van der Waals surface area contributed by atoms with E-state index in [2.05, 4.69) is 226 Å². The van der Waals surface area contributed by atoms with Gasteiger partial charge in [0.1, 0.15) is 5.58 Å². The number of nitrogens with zero attached hydrogens (tertiary/aromatic N) is 3. The van der Waals surface area contributed by atoms with E-state index in [9.17, 15) is 0 Å². The summed E-state index contributed by atoms with van der Waals surface area (Å²) in [5.74, 6) is 0. The zero-order valence-electron chi connectivity index (χ0n) is 38.5. The van der Waals surface area contributed by atoms with Gasteiger partial charge in [0.15, 0.2) is 5.58 Å². The summed E-state index contributed by atoms with van der Waals surface area (Å²) in [4.78, 5) is 9.16. The molecule has 2 aromatic heterocycles. The van der Waals surface area contributed by atoms with Crippen LogP contribution in [0.4, 0.5) is 51.2 Å². The second-order valence-corrected chi connectivity index (χ2v) is 21.6. The molecule has 2 aliphatic heterocycles. The minimum atomic E-state index is 0.0437. The van der Waals surface area contributed by atoms with Crippen molar-refractivity contribution in [3.8, 4) is 0 Å². The molecule has 6 heteroatoms. The van der Waals surface area contributed by atoms with Crippen LogP contribution in [0.3, 0.4) is 0 Å². The smallest absolute Gasteiger partial charge is 0.264 e. The standard InChI is InChI=1S/C59H54BN3OS/c1-37-34-50-54-51(35-37)63(48-21-15-20-45-44-18-11-13-22-52(44)64-56(45)48)49-36-43(61(41-28-24-38(25-29-41)58(2,3)4)42-30-26-39(27-31-42)59(5,6)7)32-33-47(49)60(54)57-55(46-19-12-14-23-53(46)65-57)62(50)40-16-9-8-10-17-40/h8-11,13,15-18,20-22,24-36H,12,14,19,23H2,1-7H3. The fourth-order valence-electron chi connectivity index (χ4n) is 10.9. The maximum Gasteiger partial charge on any atom is 0.264 e. The Bertz CT molecular complexity index is 3260. The highest BCUT2D eigenvalue weighted by Gasteiger charge is 2.47. The molecule has 0 fully saturated rings. The average Bonchev–Trinajstić information content (AvgIpc) is 3.88. The van der Waals surface area contributed by atoms with Gasteiger partial charge in [0.05, 0.1) is 11.4 Å². The monoisotopic (exact) mass is 863 g/mol. The Hall–Kier alpha value is -6.50. The van der Waals surface area contributed by atoms with Crippen LogP contribution in [0.1, 0.15) is 81.5 Å². The summed E-state index contributed by atoms with van der Waals surface area (Å²) in [5, 5.41) is 2.25. The molecule has 12 rings (SSSR count). The Kier molecular flexibility index (Phi) is 9.10. The lowest BCUT2D eigenvalue weighted by Crippen LogP contribution is -2.60. The third kappa shape index (κ3) is 6.39. The number of fused-ring (bicyclic) bond motifs is 9. The van der Waals surface area contributed by atoms with Crippen molar-refractivity contribution in [2.75, 3.05) is 14.7 Å². The van der Waals surface area contributed by atoms with E-state index in [1.165, 1.54) is 73.7 Å². The number of para-hydroxylation sites is 3. The molecule has 0 N–H and O–H groups in total. The van der Waals surface area contributed by atoms with E-state index in [4.69, 9.17) is 4.42 Å². The van der Waals surface area contributed by atoms with Crippen molar-refractivity contribution in [3.63, 3.8) is 0 Å². The van der Waals surface area contributed by atoms with Crippen LogP contribution >= 0.6 is 11.3 Å². The molecule has 0 radical (unpaired) electrons. The lowest BCUT2D eigenvalue weighted by molar-refractivity contribution is 0.590. The lowest BCUT2D eigenvalue weighted by Gasteiger charge is -2.44. The molecule has 320 valence electrons. The molecule has 1 aliphatic carbocycles. The van der Waals surface area contributed by atoms with Gasteiger partial charge >= 0.3 is 0 Å². The van der Waals surface area contributed by atoms with E-state index in [0.29, 0.717) is 0 Å². The Balaban J connectivity index is 1.15. The van der Waals surface area contributed by atoms with Crippen molar-refractivity contribution in [1.29, 1.82) is 0 Å². The number of benzene rings is 7. The van der Waals surface area contributed by atoms with Crippen LogP contribution in [0.2, 0.25) is 0 Å². The number of aryl methyl sites for hydroxylation is 2. The van der Waals surface area contributed by atoms with Gasteiger partial charge < -0.3 is 19.1 Å². The molecule has 0 bridgehead atoms. The summed E-state index contributed by atoms with van der Waals surface area (Å²) in [6.07, 6.45) is 4.74. The van der Waals surface area contributed by atoms with Crippen LogP contribution in [0.25, 0.3) is 21.9 Å². The van der Waals surface area contributed by atoms with Gasteiger partial charge in [0.25, 0.3) is 6.71 Å². The predicted molar refractivity (Wildman–Crippen MR) is 279 cm³/mol. The van der Waals surface area contributed by atoms with Gasteiger partial charge in [-0.05, 0) is 149 Å². The van der Waals surface area contributed by atoms with Crippen molar-refractivity contribution in [3.05, 3.63) is 179 Å². The normalized spacial score (nSPS) is 14.4. The number of hydrogen-bond donors (Lipinski definition) is 0. The number of anilines is 9. The van der Waals surface area contributed by atoms with Gasteiger partial charge in [0.2, 0.25) is 0 Å². The zero-order chi connectivity index (χ0) is 44.4. The summed E-state index contributed by atoms with van der Waals surface area (Å²) in [6.45, 7) is 16.1. The first kappa shape index (κ1) is 40.0. The van der Waals surface area contributed by atoms with Gasteiger partial charge in [-0.1, -0.05) is 120 Å². The summed E-state index contributed by atoms with van der Waals surface area (Å²) in [5.41, 5.74) is 20.7. The van der Waals surface area contributed by atoms with Crippen LogP contribution in [0.15, 0.2) is 156 Å². The quantitative estimate of drug-likeness (QED) is 0.161. The molecular weight excluding hydrogens is 810 g/mol. The van der Waals surface area contributed by atoms with Gasteiger partial charge in [-0.2, -0.15) is 11.3 Å². The van der Waals surface area contributed by atoms with Gasteiger partial charge in [-0.15, -0.1) is 0 Å². The third-order valence-corrected chi connectivity index (χ3v) is 15.5. The van der Waals surface area contributed by atoms with Crippen molar-refractivity contribution < 1.29 is 4.42 Å². The van der Waals surface area contributed by atoms with E-state index in [-0.39, 0.29) is 17.5 Å². The highest BCUT2D eigenvalue weighted by molar-refractivity contribution is 7.29. The summed E-state index contributed by atoms with van der Waals surface area (Å²) >= 11 is 2.07. The molecule has 3 aliphatic rings. The molecule has 4 heterocycles. The van der Waals surface area contributed by atoms with E-state index < -0.39 is 0 Å². The first-order valence-corrected chi connectivity index (χ1v) is 24.2. The molecule has 0 saturated carbocycles. The molecule has 0 unspecified atom stereocenters. The van der Waals surface area contributed by atoms with E-state index >= 15 is 0 Å². The number of thiophene rings is 1. The minimum absolute atomic E-state index is 0.0437. The summed E-state index contributed by atoms with van der Waals surface area (Å²) in [6, 6.07) is 56.8. The van der Waals surface area contributed by atoms with E-state index in [1.54, 1.807) is 10.4 Å². The maximum atomic E-state index is 6.93. The molecule has 7 aromatic carbocycles. The largest absolute Gasteiger partial charge is 0.454 e. The molecular formula is C59H54BN3OS. The first-order chi connectivity index (χ1) is 31.4. The topological polar surface area (TPSA) is 22.9 Å². The molecule has 0 spiro atoms. The Labute approximate surface area is 387 Å². The highest BCUT2D eigenvalue weighted by Crippen LogP contribution is 2.51. The highest BCUT2D eigenvalue weighted by atomic mass is 32.1. The predicted octanol–water partition coefficient (Wildman–Crippen LogP) is 15.0. The SMILES string of the molecule is Cc1cc2c3c(c1)N(c1cccc4c1oc1ccccc14)c1cc(N(c4ccc(C(C)(C)C)cc4)c4ccc(C(C)(C)C)cc4)ccc1B3c1sc3c(c1N2c1ccccc1)CCCC3. The first-order valence-electron chi connectivity index (χ1n) is 23.4. The van der Waals surface area contributed by atoms with E-state index in [1.807, 2.05) is 0 Å². The maximum absolute atomic E-state index is 6.93. The molecule has 4 nitrogen and oxygen atoms in total. The second kappa shape index (κ2) is 14.8.